The van der Waals surface area contributed by atoms with Crippen LogP contribution in [0.15, 0.2) is 6.20 Å². The van der Waals surface area contributed by atoms with Crippen molar-refractivity contribution in [2.45, 2.75) is 71.1 Å². The summed E-state index contributed by atoms with van der Waals surface area (Å²) in [4.78, 5) is 2.47. The number of likely N-dealkylation sites (N-methyl/N-ethyl adjacent to an activating group) is 1. The lowest BCUT2D eigenvalue weighted by Crippen LogP contribution is -2.35. The molecule has 0 amide bonds. The summed E-state index contributed by atoms with van der Waals surface area (Å²) in [5.74, 6) is 0. The average molecular weight is 279 g/mol. The van der Waals surface area contributed by atoms with Gasteiger partial charge in [0.1, 0.15) is 0 Å². The Kier molecular flexibility index (Phi) is 5.16. The highest BCUT2D eigenvalue weighted by Gasteiger charge is 2.19. The van der Waals surface area contributed by atoms with Crippen LogP contribution in [0.25, 0.3) is 0 Å². The molecule has 2 rings (SSSR count). The molecular weight excluding hydrogens is 250 g/mol. The molecule has 5 nitrogen and oxygen atoms in total. The van der Waals surface area contributed by atoms with Crippen LogP contribution in [0.3, 0.4) is 0 Å². The average Bonchev–Trinajstić information content (AvgIpc) is 3.04. The molecule has 1 aromatic heterocycles. The molecule has 5 heteroatoms. The Hall–Kier alpha value is -0.940. The van der Waals surface area contributed by atoms with E-state index in [9.17, 15) is 0 Å². The molecule has 0 bridgehead atoms. The SMILES string of the molecule is CN(CCn1cc(CNC(C)(C)C)nn1)C1CCCC1. The van der Waals surface area contributed by atoms with Gasteiger partial charge in [-0.1, -0.05) is 18.1 Å². The first kappa shape index (κ1) is 15.4. The summed E-state index contributed by atoms with van der Waals surface area (Å²) in [5.41, 5.74) is 1.13. The zero-order valence-corrected chi connectivity index (χ0v) is 13.4. The van der Waals surface area contributed by atoms with E-state index in [0.717, 1.165) is 31.4 Å². The lowest BCUT2D eigenvalue weighted by Gasteiger charge is -2.23. The molecule has 0 radical (unpaired) electrons. The van der Waals surface area contributed by atoms with Crippen molar-refractivity contribution in [2.24, 2.45) is 0 Å². The van der Waals surface area contributed by atoms with Crippen molar-refractivity contribution in [3.8, 4) is 0 Å². The van der Waals surface area contributed by atoms with Crippen LogP contribution in [0.4, 0.5) is 0 Å². The Bertz CT molecular complexity index is 401. The molecule has 1 aromatic rings. The number of nitrogens with zero attached hydrogens (tertiary/aromatic N) is 4. The van der Waals surface area contributed by atoms with Crippen LogP contribution in [0, 0.1) is 0 Å². The summed E-state index contributed by atoms with van der Waals surface area (Å²) in [7, 11) is 2.23. The first-order valence-electron chi connectivity index (χ1n) is 7.78. The summed E-state index contributed by atoms with van der Waals surface area (Å²) in [6.07, 6.45) is 7.55. The van der Waals surface area contributed by atoms with E-state index in [1.165, 1.54) is 25.7 Å². The molecule has 0 aliphatic heterocycles. The molecule has 1 aliphatic rings. The Morgan fingerprint density at radius 3 is 2.70 bits per heavy atom. The van der Waals surface area contributed by atoms with Gasteiger partial charge in [0, 0.05) is 30.9 Å². The Labute approximate surface area is 122 Å². The molecule has 0 unspecified atom stereocenters. The van der Waals surface area contributed by atoms with Crippen LogP contribution in [0.1, 0.15) is 52.1 Å². The maximum absolute atomic E-state index is 4.23. The third-order valence-corrected chi connectivity index (χ3v) is 4.02. The van der Waals surface area contributed by atoms with Crippen molar-refractivity contribution in [2.75, 3.05) is 13.6 Å². The van der Waals surface area contributed by atoms with E-state index in [2.05, 4.69) is 54.5 Å². The third kappa shape index (κ3) is 4.87. The van der Waals surface area contributed by atoms with Crippen LogP contribution < -0.4 is 5.32 Å². The fourth-order valence-electron chi connectivity index (χ4n) is 2.67. The maximum Gasteiger partial charge on any atom is 0.0965 e. The van der Waals surface area contributed by atoms with Crippen molar-refractivity contribution in [3.63, 3.8) is 0 Å². The second-order valence-electron chi connectivity index (χ2n) is 7.00. The van der Waals surface area contributed by atoms with Gasteiger partial charge in [-0.05, 0) is 40.7 Å². The quantitative estimate of drug-likeness (QED) is 0.865. The minimum absolute atomic E-state index is 0.118. The van der Waals surface area contributed by atoms with Crippen LogP contribution in [-0.2, 0) is 13.1 Å². The summed E-state index contributed by atoms with van der Waals surface area (Å²) < 4.78 is 1.96. The molecule has 1 heterocycles. The molecule has 114 valence electrons. The van der Waals surface area contributed by atoms with Gasteiger partial charge in [-0.3, -0.25) is 4.68 Å². The van der Waals surface area contributed by atoms with Crippen LogP contribution in [0.5, 0.6) is 0 Å². The van der Waals surface area contributed by atoms with Crippen LogP contribution in [0.2, 0.25) is 0 Å². The minimum atomic E-state index is 0.118. The van der Waals surface area contributed by atoms with Gasteiger partial charge in [-0.15, -0.1) is 5.10 Å². The number of hydrogen-bond donors (Lipinski definition) is 1. The molecular formula is C15H29N5. The second kappa shape index (κ2) is 6.68. The molecule has 0 atom stereocenters. The lowest BCUT2D eigenvalue weighted by molar-refractivity contribution is 0.232. The summed E-state index contributed by atoms with van der Waals surface area (Å²) in [5, 5.41) is 11.9. The van der Waals surface area contributed by atoms with E-state index in [4.69, 9.17) is 0 Å². The van der Waals surface area contributed by atoms with Crippen molar-refractivity contribution in [1.29, 1.82) is 0 Å². The Morgan fingerprint density at radius 2 is 2.05 bits per heavy atom. The van der Waals surface area contributed by atoms with Gasteiger partial charge in [0.15, 0.2) is 0 Å². The van der Waals surface area contributed by atoms with E-state index < -0.39 is 0 Å². The van der Waals surface area contributed by atoms with Gasteiger partial charge < -0.3 is 10.2 Å². The smallest absolute Gasteiger partial charge is 0.0965 e. The predicted molar refractivity (Wildman–Crippen MR) is 81.5 cm³/mol. The van der Waals surface area contributed by atoms with E-state index in [0.29, 0.717) is 0 Å². The molecule has 20 heavy (non-hydrogen) atoms. The fraction of sp³-hybridized carbons (Fsp3) is 0.867. The van der Waals surface area contributed by atoms with E-state index in [1.807, 2.05) is 4.68 Å². The first-order chi connectivity index (χ1) is 9.44. The molecule has 1 saturated carbocycles. The predicted octanol–water partition coefficient (Wildman–Crippen LogP) is 2.04. The maximum atomic E-state index is 4.23. The van der Waals surface area contributed by atoms with Gasteiger partial charge in [-0.2, -0.15) is 0 Å². The van der Waals surface area contributed by atoms with Crippen molar-refractivity contribution >= 4 is 0 Å². The lowest BCUT2D eigenvalue weighted by atomic mass is 10.1. The van der Waals surface area contributed by atoms with Gasteiger partial charge in [0.25, 0.3) is 0 Å². The van der Waals surface area contributed by atoms with Crippen LogP contribution in [-0.4, -0.2) is 45.1 Å². The van der Waals surface area contributed by atoms with Gasteiger partial charge in [0.2, 0.25) is 0 Å². The molecule has 0 aromatic carbocycles. The zero-order valence-electron chi connectivity index (χ0n) is 13.4. The normalized spacial score (nSPS) is 17.2. The third-order valence-electron chi connectivity index (χ3n) is 4.02. The van der Waals surface area contributed by atoms with Crippen molar-refractivity contribution in [1.82, 2.24) is 25.2 Å². The number of hydrogen-bond acceptors (Lipinski definition) is 4. The van der Waals surface area contributed by atoms with E-state index in [1.54, 1.807) is 0 Å². The van der Waals surface area contributed by atoms with Crippen LogP contribution >= 0.6 is 0 Å². The molecule has 1 aliphatic carbocycles. The van der Waals surface area contributed by atoms with Gasteiger partial charge >= 0.3 is 0 Å². The Balaban J connectivity index is 1.74. The van der Waals surface area contributed by atoms with Crippen molar-refractivity contribution in [3.05, 3.63) is 11.9 Å². The number of aromatic nitrogens is 3. The van der Waals surface area contributed by atoms with E-state index in [-0.39, 0.29) is 5.54 Å². The largest absolute Gasteiger partial charge is 0.306 e. The first-order valence-corrected chi connectivity index (χ1v) is 7.78. The summed E-state index contributed by atoms with van der Waals surface area (Å²) in [6.45, 7) is 9.24. The molecule has 0 spiro atoms. The van der Waals surface area contributed by atoms with E-state index >= 15 is 0 Å². The second-order valence-corrected chi connectivity index (χ2v) is 7.00. The minimum Gasteiger partial charge on any atom is -0.306 e. The monoisotopic (exact) mass is 279 g/mol. The standard InChI is InChI=1S/C15H29N5/c1-15(2,3)16-11-13-12-20(18-17-13)10-9-19(4)14-7-5-6-8-14/h12,14,16H,5-11H2,1-4H3. The topological polar surface area (TPSA) is 46.0 Å². The van der Waals surface area contributed by atoms with Crippen molar-refractivity contribution < 1.29 is 0 Å². The fourth-order valence-corrected chi connectivity index (χ4v) is 2.67. The number of nitrogens with one attached hydrogen (secondary N) is 1. The highest BCUT2D eigenvalue weighted by molar-refractivity contribution is 4.93. The summed E-state index contributed by atoms with van der Waals surface area (Å²) in [6, 6.07) is 0.778. The summed E-state index contributed by atoms with van der Waals surface area (Å²) >= 11 is 0. The number of rotatable bonds is 6. The molecule has 0 saturated heterocycles. The molecule has 1 fully saturated rings. The highest BCUT2D eigenvalue weighted by Crippen LogP contribution is 2.22. The van der Waals surface area contributed by atoms with Gasteiger partial charge in [0.05, 0.1) is 12.2 Å². The van der Waals surface area contributed by atoms with Gasteiger partial charge in [-0.25, -0.2) is 0 Å². The zero-order chi connectivity index (χ0) is 14.6. The molecule has 1 N–H and O–H groups in total. The Morgan fingerprint density at radius 1 is 1.35 bits per heavy atom. The highest BCUT2D eigenvalue weighted by atomic mass is 15.4.